The number of hydrogen-bond acceptors (Lipinski definition) is 4. The molecule has 2 rings (SSSR count). The monoisotopic (exact) mass is 382 g/mol. The van der Waals surface area contributed by atoms with Crippen molar-refractivity contribution in [2.45, 2.75) is 13.0 Å². The largest absolute Gasteiger partial charge is 0.497 e. The minimum absolute atomic E-state index is 0.145. The molecule has 1 unspecified atom stereocenters. The van der Waals surface area contributed by atoms with E-state index in [0.717, 1.165) is 0 Å². The van der Waals surface area contributed by atoms with Gasteiger partial charge in [-0.25, -0.2) is 0 Å². The third-order valence-electron chi connectivity index (χ3n) is 3.26. The van der Waals surface area contributed by atoms with Crippen LogP contribution in [0.25, 0.3) is 0 Å². The van der Waals surface area contributed by atoms with Crippen molar-refractivity contribution < 1.29 is 19.1 Å². The van der Waals surface area contributed by atoms with Gasteiger partial charge in [0.1, 0.15) is 11.5 Å². The molecule has 0 saturated carbocycles. The lowest BCUT2D eigenvalue weighted by atomic mass is 10.1. The summed E-state index contributed by atoms with van der Waals surface area (Å²) < 4.78 is 10.7. The maximum absolute atomic E-state index is 12.3. The molecule has 6 nitrogen and oxygen atoms in total. The van der Waals surface area contributed by atoms with Gasteiger partial charge in [-0.05, 0) is 37.3 Å². The summed E-state index contributed by atoms with van der Waals surface area (Å²) in [5.74, 6) is -0.503. The second kappa shape index (κ2) is 8.09. The van der Waals surface area contributed by atoms with E-state index < -0.39 is 17.9 Å². The number of ether oxygens (including phenoxy) is 2. The summed E-state index contributed by atoms with van der Waals surface area (Å²) in [4.78, 5) is 23.8. The topological polar surface area (TPSA) is 90.7 Å². The van der Waals surface area contributed by atoms with Crippen LogP contribution in [0.1, 0.15) is 17.3 Å². The lowest BCUT2D eigenvalue weighted by molar-refractivity contribution is -0.122. The van der Waals surface area contributed by atoms with Gasteiger partial charge in [0, 0.05) is 21.8 Å². The number of nitrogens with one attached hydrogen (secondary N) is 1. The molecule has 2 aromatic carbocycles. The number of benzene rings is 2. The fourth-order valence-electron chi connectivity index (χ4n) is 2.04. The zero-order chi connectivity index (χ0) is 18.6. The highest BCUT2D eigenvalue weighted by Gasteiger charge is 2.19. The molecule has 2 aromatic rings. The van der Waals surface area contributed by atoms with Crippen molar-refractivity contribution >= 4 is 40.7 Å². The SMILES string of the molecule is COc1ccc(C(N)=O)c(OC(C)C(=O)Nc2cc(Cl)cc(Cl)c2)c1. The Morgan fingerprint density at radius 3 is 2.32 bits per heavy atom. The molecule has 0 fully saturated rings. The molecule has 132 valence electrons. The number of carbonyl (C=O) groups excluding carboxylic acids is 2. The molecule has 0 saturated heterocycles. The fourth-order valence-corrected chi connectivity index (χ4v) is 2.57. The summed E-state index contributed by atoms with van der Waals surface area (Å²) in [6.45, 7) is 1.53. The predicted molar refractivity (Wildman–Crippen MR) is 96.7 cm³/mol. The fraction of sp³-hybridized carbons (Fsp3) is 0.176. The number of halogens is 2. The average molecular weight is 383 g/mol. The van der Waals surface area contributed by atoms with E-state index in [1.165, 1.54) is 26.2 Å². The van der Waals surface area contributed by atoms with Gasteiger partial charge in [-0.1, -0.05) is 23.2 Å². The van der Waals surface area contributed by atoms with Gasteiger partial charge < -0.3 is 20.5 Å². The molecule has 8 heteroatoms. The van der Waals surface area contributed by atoms with Crippen LogP contribution in [0.15, 0.2) is 36.4 Å². The molecule has 25 heavy (non-hydrogen) atoms. The van der Waals surface area contributed by atoms with Gasteiger partial charge in [-0.3, -0.25) is 9.59 Å². The van der Waals surface area contributed by atoms with Gasteiger partial charge in [-0.15, -0.1) is 0 Å². The Hall–Kier alpha value is -2.44. The van der Waals surface area contributed by atoms with Gasteiger partial charge in [-0.2, -0.15) is 0 Å². The van der Waals surface area contributed by atoms with Crippen molar-refractivity contribution in [3.8, 4) is 11.5 Å². The summed E-state index contributed by atoms with van der Waals surface area (Å²) in [7, 11) is 1.47. The Balaban J connectivity index is 2.16. The van der Waals surface area contributed by atoms with E-state index in [9.17, 15) is 9.59 Å². The second-order valence-corrected chi connectivity index (χ2v) is 6.01. The lowest BCUT2D eigenvalue weighted by Crippen LogP contribution is -2.31. The molecule has 0 aromatic heterocycles. The number of carbonyl (C=O) groups is 2. The van der Waals surface area contributed by atoms with Crippen molar-refractivity contribution in [1.29, 1.82) is 0 Å². The molecule has 0 spiro atoms. The third-order valence-corrected chi connectivity index (χ3v) is 3.69. The van der Waals surface area contributed by atoms with E-state index in [2.05, 4.69) is 5.32 Å². The molecular formula is C17H16Cl2N2O4. The zero-order valence-electron chi connectivity index (χ0n) is 13.5. The van der Waals surface area contributed by atoms with Gasteiger partial charge in [0.2, 0.25) is 0 Å². The first-order valence-electron chi connectivity index (χ1n) is 7.21. The summed E-state index contributed by atoms with van der Waals surface area (Å²) >= 11 is 11.8. The first-order valence-corrected chi connectivity index (χ1v) is 7.97. The van der Waals surface area contributed by atoms with Gasteiger partial charge in [0.25, 0.3) is 11.8 Å². The Labute approximate surface area is 154 Å². The molecule has 0 aliphatic rings. The third kappa shape index (κ3) is 5.01. The van der Waals surface area contributed by atoms with Crippen LogP contribution < -0.4 is 20.5 Å². The number of hydrogen-bond donors (Lipinski definition) is 2. The molecule has 0 heterocycles. The number of anilines is 1. The molecule has 0 bridgehead atoms. The van der Waals surface area contributed by atoms with Crippen molar-refractivity contribution in [2.24, 2.45) is 5.73 Å². The van der Waals surface area contributed by atoms with Crippen molar-refractivity contribution in [3.63, 3.8) is 0 Å². The molecule has 3 N–H and O–H groups in total. The number of nitrogens with two attached hydrogens (primary N) is 1. The number of amides is 2. The molecule has 0 aliphatic heterocycles. The number of methoxy groups -OCH3 is 1. The minimum atomic E-state index is -0.914. The smallest absolute Gasteiger partial charge is 0.265 e. The van der Waals surface area contributed by atoms with E-state index in [-0.39, 0.29) is 11.3 Å². The van der Waals surface area contributed by atoms with Crippen LogP contribution in [-0.4, -0.2) is 25.0 Å². The Morgan fingerprint density at radius 1 is 1.12 bits per heavy atom. The highest BCUT2D eigenvalue weighted by molar-refractivity contribution is 6.35. The van der Waals surface area contributed by atoms with Crippen LogP contribution in [-0.2, 0) is 4.79 Å². The number of primary amides is 1. The van der Waals surface area contributed by atoms with Gasteiger partial charge in [0.15, 0.2) is 6.10 Å². The number of rotatable bonds is 6. The van der Waals surface area contributed by atoms with Crippen LogP contribution >= 0.6 is 23.2 Å². The van der Waals surface area contributed by atoms with Crippen LogP contribution in [0, 0.1) is 0 Å². The summed E-state index contributed by atoms with van der Waals surface area (Å²) in [5.41, 5.74) is 5.90. The second-order valence-electron chi connectivity index (χ2n) is 5.13. The first kappa shape index (κ1) is 18.9. The maximum atomic E-state index is 12.3. The molecular weight excluding hydrogens is 367 g/mol. The minimum Gasteiger partial charge on any atom is -0.497 e. The highest BCUT2D eigenvalue weighted by atomic mass is 35.5. The predicted octanol–water partition coefficient (Wildman–Crippen LogP) is 3.51. The average Bonchev–Trinajstić information content (AvgIpc) is 2.53. The van der Waals surface area contributed by atoms with Crippen molar-refractivity contribution in [3.05, 3.63) is 52.0 Å². The lowest BCUT2D eigenvalue weighted by Gasteiger charge is -2.17. The van der Waals surface area contributed by atoms with Crippen LogP contribution in [0.4, 0.5) is 5.69 Å². The zero-order valence-corrected chi connectivity index (χ0v) is 15.0. The van der Waals surface area contributed by atoms with E-state index >= 15 is 0 Å². The molecule has 2 amide bonds. The molecule has 0 radical (unpaired) electrons. The summed E-state index contributed by atoms with van der Waals surface area (Å²) in [6.07, 6.45) is -0.914. The van der Waals surface area contributed by atoms with Crippen molar-refractivity contribution in [2.75, 3.05) is 12.4 Å². The molecule has 0 aliphatic carbocycles. The van der Waals surface area contributed by atoms with Crippen LogP contribution in [0.5, 0.6) is 11.5 Å². The first-order chi connectivity index (χ1) is 11.8. The van der Waals surface area contributed by atoms with E-state index in [4.69, 9.17) is 38.4 Å². The van der Waals surface area contributed by atoms with E-state index in [1.54, 1.807) is 24.3 Å². The van der Waals surface area contributed by atoms with E-state index in [1.807, 2.05) is 0 Å². The highest BCUT2D eigenvalue weighted by Crippen LogP contribution is 2.26. The Kier molecular flexibility index (Phi) is 6.12. The maximum Gasteiger partial charge on any atom is 0.265 e. The quantitative estimate of drug-likeness (QED) is 0.799. The van der Waals surface area contributed by atoms with Gasteiger partial charge >= 0.3 is 0 Å². The summed E-state index contributed by atoms with van der Waals surface area (Å²) in [6, 6.07) is 9.19. The van der Waals surface area contributed by atoms with Crippen molar-refractivity contribution in [1.82, 2.24) is 0 Å². The van der Waals surface area contributed by atoms with Crippen LogP contribution in [0.2, 0.25) is 10.0 Å². The van der Waals surface area contributed by atoms with Crippen LogP contribution in [0.3, 0.4) is 0 Å². The normalized spacial score (nSPS) is 11.5. The summed E-state index contributed by atoms with van der Waals surface area (Å²) in [5, 5.41) is 3.42. The Bertz CT molecular complexity index is 791. The van der Waals surface area contributed by atoms with E-state index in [0.29, 0.717) is 21.5 Å². The molecule has 1 atom stereocenters. The van der Waals surface area contributed by atoms with Gasteiger partial charge in [0.05, 0.1) is 12.7 Å². The Morgan fingerprint density at radius 2 is 1.76 bits per heavy atom. The standard InChI is InChI=1S/C17H16Cl2N2O4/c1-9(17(23)21-12-6-10(18)5-11(19)7-12)25-15-8-13(24-2)3-4-14(15)16(20)22/h3-9H,1-2H3,(H2,20,22)(H,21,23).